The van der Waals surface area contributed by atoms with Crippen LogP contribution >= 0.6 is 0 Å². The lowest BCUT2D eigenvalue weighted by atomic mass is 9.85. The minimum absolute atomic E-state index is 0.0307. The number of amides is 1. The Bertz CT molecular complexity index is 1050. The smallest absolute Gasteiger partial charge is 0.295 e. The van der Waals surface area contributed by atoms with Crippen molar-refractivity contribution < 1.29 is 24.2 Å². The maximum absolute atomic E-state index is 13.0. The molecular formula is C26H31NO5. The summed E-state index contributed by atoms with van der Waals surface area (Å²) in [5, 5.41) is 11.2. The number of hydrogen-bond donors (Lipinski definition) is 1. The molecule has 0 aromatic heterocycles. The van der Waals surface area contributed by atoms with E-state index in [0.717, 1.165) is 16.7 Å². The lowest BCUT2D eigenvalue weighted by molar-refractivity contribution is -0.140. The van der Waals surface area contributed by atoms with E-state index in [1.165, 1.54) is 4.90 Å². The molecule has 1 fully saturated rings. The number of benzene rings is 2. The SMILES string of the molecule is COCCN1C(=O)C(=O)C(=C(O)c2ccc(OC)c(C)c2)C1c1ccc(C(C)(C)C)cc1. The van der Waals surface area contributed by atoms with Gasteiger partial charge in [-0.25, -0.2) is 0 Å². The number of carbonyl (C=O) groups is 2. The van der Waals surface area contributed by atoms with E-state index in [-0.39, 0.29) is 29.9 Å². The van der Waals surface area contributed by atoms with Crippen LogP contribution in [0.5, 0.6) is 5.75 Å². The van der Waals surface area contributed by atoms with Gasteiger partial charge in [0.05, 0.1) is 25.3 Å². The second kappa shape index (κ2) is 9.17. The second-order valence-electron chi connectivity index (χ2n) is 9.04. The Morgan fingerprint density at radius 3 is 2.25 bits per heavy atom. The molecule has 0 radical (unpaired) electrons. The first kappa shape index (κ1) is 23.5. The average molecular weight is 438 g/mol. The monoisotopic (exact) mass is 437 g/mol. The standard InChI is InChI=1S/C26H31NO5/c1-16-15-18(9-12-20(16)32-6)23(28)21-22(27(13-14-31-5)25(30)24(21)29)17-7-10-19(11-8-17)26(2,3)4/h7-12,15,22,28H,13-14H2,1-6H3. The Balaban J connectivity index is 2.15. The van der Waals surface area contributed by atoms with E-state index in [1.807, 2.05) is 31.2 Å². The lowest BCUT2D eigenvalue weighted by Gasteiger charge is -2.26. The number of likely N-dealkylation sites (tertiary alicyclic amines) is 1. The van der Waals surface area contributed by atoms with Gasteiger partial charge < -0.3 is 19.5 Å². The molecule has 1 aliphatic rings. The summed E-state index contributed by atoms with van der Waals surface area (Å²) in [6.45, 7) is 8.75. The van der Waals surface area contributed by atoms with Crippen molar-refractivity contribution >= 4 is 17.4 Å². The Morgan fingerprint density at radius 2 is 1.72 bits per heavy atom. The van der Waals surface area contributed by atoms with E-state index < -0.39 is 17.7 Å². The van der Waals surface area contributed by atoms with Gasteiger partial charge in [-0.05, 0) is 47.2 Å². The van der Waals surface area contributed by atoms with Crippen molar-refractivity contribution in [1.82, 2.24) is 4.90 Å². The molecule has 0 bridgehead atoms. The highest BCUT2D eigenvalue weighted by molar-refractivity contribution is 6.46. The first-order valence-electron chi connectivity index (χ1n) is 10.6. The van der Waals surface area contributed by atoms with Crippen LogP contribution in [-0.4, -0.2) is 49.1 Å². The third kappa shape index (κ3) is 4.41. The van der Waals surface area contributed by atoms with Crippen molar-refractivity contribution in [1.29, 1.82) is 0 Å². The van der Waals surface area contributed by atoms with Crippen molar-refractivity contribution in [3.05, 3.63) is 70.3 Å². The van der Waals surface area contributed by atoms with E-state index >= 15 is 0 Å². The van der Waals surface area contributed by atoms with Crippen LogP contribution < -0.4 is 4.74 Å². The number of methoxy groups -OCH3 is 2. The highest BCUT2D eigenvalue weighted by atomic mass is 16.5. The van der Waals surface area contributed by atoms with Gasteiger partial charge in [-0.1, -0.05) is 45.0 Å². The van der Waals surface area contributed by atoms with Gasteiger partial charge in [-0.15, -0.1) is 0 Å². The first-order valence-corrected chi connectivity index (χ1v) is 10.6. The number of aliphatic hydroxyl groups excluding tert-OH is 1. The fraction of sp³-hybridized carbons (Fsp3) is 0.385. The van der Waals surface area contributed by atoms with Gasteiger partial charge in [0.15, 0.2) is 0 Å². The maximum atomic E-state index is 13.0. The lowest BCUT2D eigenvalue weighted by Crippen LogP contribution is -2.32. The number of rotatable bonds is 6. The maximum Gasteiger partial charge on any atom is 0.295 e. The minimum Gasteiger partial charge on any atom is -0.507 e. The van der Waals surface area contributed by atoms with E-state index in [1.54, 1.807) is 32.4 Å². The third-order valence-electron chi connectivity index (χ3n) is 5.84. The quantitative estimate of drug-likeness (QED) is 0.413. The van der Waals surface area contributed by atoms with Crippen molar-refractivity contribution in [2.45, 2.75) is 39.2 Å². The summed E-state index contributed by atoms with van der Waals surface area (Å²) in [5.74, 6) is -0.856. The summed E-state index contributed by atoms with van der Waals surface area (Å²) in [4.78, 5) is 27.4. The van der Waals surface area contributed by atoms with Crippen LogP contribution in [-0.2, 0) is 19.7 Å². The molecule has 1 aliphatic heterocycles. The average Bonchev–Trinajstić information content (AvgIpc) is 3.01. The summed E-state index contributed by atoms with van der Waals surface area (Å²) in [6, 6.07) is 12.3. The molecule has 1 amide bonds. The predicted octanol–water partition coefficient (Wildman–Crippen LogP) is 4.37. The Hall–Kier alpha value is -3.12. The number of Topliss-reactive ketones (excluding diaryl/α,β-unsaturated/α-hetero) is 1. The molecular weight excluding hydrogens is 406 g/mol. The van der Waals surface area contributed by atoms with Gasteiger partial charge in [0.2, 0.25) is 0 Å². The van der Waals surface area contributed by atoms with Gasteiger partial charge in [-0.2, -0.15) is 0 Å². The molecule has 32 heavy (non-hydrogen) atoms. The van der Waals surface area contributed by atoms with E-state index in [2.05, 4.69) is 20.8 Å². The van der Waals surface area contributed by atoms with Crippen LogP contribution in [0.25, 0.3) is 5.76 Å². The molecule has 0 aliphatic carbocycles. The molecule has 1 heterocycles. The number of carbonyl (C=O) groups excluding carboxylic acids is 2. The summed E-state index contributed by atoms with van der Waals surface area (Å²) >= 11 is 0. The number of aryl methyl sites for hydroxylation is 1. The molecule has 1 saturated heterocycles. The third-order valence-corrected chi connectivity index (χ3v) is 5.84. The highest BCUT2D eigenvalue weighted by Crippen LogP contribution is 2.40. The molecule has 3 rings (SSSR count). The number of hydrogen-bond acceptors (Lipinski definition) is 5. The van der Waals surface area contributed by atoms with E-state index in [0.29, 0.717) is 11.3 Å². The van der Waals surface area contributed by atoms with Gasteiger partial charge in [0, 0.05) is 19.2 Å². The van der Waals surface area contributed by atoms with Crippen LogP contribution in [0, 0.1) is 6.92 Å². The van der Waals surface area contributed by atoms with Crippen molar-refractivity contribution in [3.8, 4) is 5.75 Å². The van der Waals surface area contributed by atoms with Crippen LogP contribution in [0.15, 0.2) is 48.0 Å². The summed E-state index contributed by atoms with van der Waals surface area (Å²) in [5.41, 5.74) is 3.23. The fourth-order valence-electron chi connectivity index (χ4n) is 3.99. The molecule has 1 unspecified atom stereocenters. The topological polar surface area (TPSA) is 76.1 Å². The number of aliphatic hydroxyl groups is 1. The molecule has 1 atom stereocenters. The zero-order valence-corrected chi connectivity index (χ0v) is 19.6. The summed E-state index contributed by atoms with van der Waals surface area (Å²) in [7, 11) is 3.12. The van der Waals surface area contributed by atoms with Crippen LogP contribution in [0.3, 0.4) is 0 Å². The molecule has 2 aromatic carbocycles. The van der Waals surface area contributed by atoms with E-state index in [4.69, 9.17) is 9.47 Å². The highest BCUT2D eigenvalue weighted by Gasteiger charge is 2.45. The molecule has 2 aromatic rings. The van der Waals surface area contributed by atoms with Crippen LogP contribution in [0.2, 0.25) is 0 Å². The number of ketones is 1. The zero-order valence-electron chi connectivity index (χ0n) is 19.6. The van der Waals surface area contributed by atoms with Gasteiger partial charge in [0.1, 0.15) is 11.5 Å². The molecule has 0 spiro atoms. The predicted molar refractivity (Wildman–Crippen MR) is 124 cm³/mol. The minimum atomic E-state index is -0.697. The van der Waals surface area contributed by atoms with Crippen LogP contribution in [0.4, 0.5) is 0 Å². The van der Waals surface area contributed by atoms with Gasteiger partial charge in [0.25, 0.3) is 11.7 Å². The second-order valence-corrected chi connectivity index (χ2v) is 9.04. The Kier molecular flexibility index (Phi) is 6.74. The summed E-state index contributed by atoms with van der Waals surface area (Å²) < 4.78 is 10.5. The van der Waals surface area contributed by atoms with Crippen molar-refractivity contribution in [3.63, 3.8) is 0 Å². The van der Waals surface area contributed by atoms with Gasteiger partial charge in [-0.3, -0.25) is 9.59 Å². The number of nitrogens with zero attached hydrogens (tertiary/aromatic N) is 1. The number of ether oxygens (including phenoxy) is 2. The molecule has 170 valence electrons. The largest absolute Gasteiger partial charge is 0.507 e. The van der Waals surface area contributed by atoms with E-state index in [9.17, 15) is 14.7 Å². The first-order chi connectivity index (χ1) is 15.1. The Morgan fingerprint density at radius 1 is 1.06 bits per heavy atom. The molecule has 6 nitrogen and oxygen atoms in total. The molecule has 6 heteroatoms. The summed E-state index contributed by atoms with van der Waals surface area (Å²) in [6.07, 6.45) is 0. The van der Waals surface area contributed by atoms with Crippen molar-refractivity contribution in [2.75, 3.05) is 27.4 Å². The van der Waals surface area contributed by atoms with Crippen molar-refractivity contribution in [2.24, 2.45) is 0 Å². The normalized spacial score (nSPS) is 18.3. The fourth-order valence-corrected chi connectivity index (χ4v) is 3.99. The zero-order chi connectivity index (χ0) is 23.6. The molecule has 1 N–H and O–H groups in total. The molecule has 0 saturated carbocycles. The van der Waals surface area contributed by atoms with Crippen LogP contribution in [0.1, 0.15) is 49.1 Å². The van der Waals surface area contributed by atoms with Gasteiger partial charge >= 0.3 is 0 Å². The Labute approximate surface area is 189 Å².